The molecule has 0 aliphatic carbocycles. The highest BCUT2D eigenvalue weighted by Gasteiger charge is 2.33. The first-order valence-electron chi connectivity index (χ1n) is 8.05. The first-order valence-corrected chi connectivity index (χ1v) is 8.43. The van der Waals surface area contributed by atoms with Crippen molar-refractivity contribution < 1.29 is 27.1 Å². The van der Waals surface area contributed by atoms with E-state index in [0.29, 0.717) is 0 Å². The Kier molecular flexibility index (Phi) is 6.01. The molecular weight excluding hydrogens is 434 g/mol. The van der Waals surface area contributed by atoms with Crippen molar-refractivity contribution in [3.05, 3.63) is 53.0 Å². The molecule has 0 aromatic carbocycles. The molecule has 14 heteroatoms. The minimum Gasteiger partial charge on any atom is -0.467 e. The summed E-state index contributed by atoms with van der Waals surface area (Å²) in [4.78, 5) is 25.2. The normalized spacial score (nSPS) is 11.3. The molecule has 3 aromatic rings. The Labute approximate surface area is 171 Å². The molecule has 158 valence electrons. The number of carbonyl (C=O) groups is 1. The van der Waals surface area contributed by atoms with Gasteiger partial charge in [0.2, 0.25) is 0 Å². The third-order valence-electron chi connectivity index (χ3n) is 3.65. The third kappa shape index (κ3) is 4.92. The Morgan fingerprint density at radius 2 is 2.00 bits per heavy atom. The molecule has 0 spiro atoms. The minimum atomic E-state index is -4.63. The molecule has 0 bridgehead atoms. The predicted molar refractivity (Wildman–Crippen MR) is 96.6 cm³/mol. The molecule has 0 saturated heterocycles. The van der Waals surface area contributed by atoms with Crippen LogP contribution in [0.2, 0.25) is 5.15 Å². The zero-order valence-electron chi connectivity index (χ0n) is 15.0. The fraction of sp³-hybridized carbons (Fsp3) is 0.188. The fourth-order valence-electron chi connectivity index (χ4n) is 2.25. The molecule has 3 heterocycles. The number of nitrogens with zero attached hydrogens (tertiary/aromatic N) is 5. The first kappa shape index (κ1) is 21.2. The summed E-state index contributed by atoms with van der Waals surface area (Å²) in [7, 11) is 1.34. The Balaban J connectivity index is 1.88. The maximum absolute atomic E-state index is 13.3. The number of anilines is 2. The summed E-state index contributed by atoms with van der Waals surface area (Å²) in [6.07, 6.45) is -2.17. The number of aromatic amines is 1. The summed E-state index contributed by atoms with van der Waals surface area (Å²) in [5.74, 6) is -0.866. The monoisotopic (exact) mass is 445 g/mol. The molecule has 9 nitrogen and oxygen atoms in total. The van der Waals surface area contributed by atoms with Gasteiger partial charge in [-0.25, -0.2) is 24.1 Å². The van der Waals surface area contributed by atoms with E-state index < -0.39 is 28.9 Å². The quantitative estimate of drug-likeness (QED) is 0.458. The largest absolute Gasteiger partial charge is 0.467 e. The maximum Gasteiger partial charge on any atom is 0.432 e. The molecule has 0 aliphatic heterocycles. The van der Waals surface area contributed by atoms with Gasteiger partial charge in [0.15, 0.2) is 11.0 Å². The van der Waals surface area contributed by atoms with Crippen molar-refractivity contribution in [1.29, 1.82) is 0 Å². The van der Waals surface area contributed by atoms with Gasteiger partial charge in [0.1, 0.15) is 11.5 Å². The Morgan fingerprint density at radius 1 is 1.30 bits per heavy atom. The van der Waals surface area contributed by atoms with Crippen LogP contribution in [-0.4, -0.2) is 38.3 Å². The Bertz CT molecular complexity index is 1040. The molecule has 3 aromatic heterocycles. The van der Waals surface area contributed by atoms with E-state index in [1.807, 2.05) is 5.10 Å². The summed E-state index contributed by atoms with van der Waals surface area (Å²) >= 11 is 5.60. The topological polar surface area (TPSA) is 109 Å². The smallest absolute Gasteiger partial charge is 0.432 e. The van der Waals surface area contributed by atoms with Crippen LogP contribution < -0.4 is 15.0 Å². The molecule has 2 N–H and O–H groups in total. The number of methoxy groups -OCH3 is 1. The van der Waals surface area contributed by atoms with Crippen LogP contribution >= 0.6 is 11.6 Å². The molecule has 0 atom stereocenters. The van der Waals surface area contributed by atoms with Gasteiger partial charge >= 0.3 is 18.2 Å². The number of nitrogens with one attached hydrogen (secondary N) is 2. The third-order valence-corrected chi connectivity index (χ3v) is 3.91. The van der Waals surface area contributed by atoms with Crippen molar-refractivity contribution >= 4 is 29.1 Å². The average Bonchev–Trinajstić information content (AvgIpc) is 3.18. The number of hydrogen-bond acceptors (Lipinski definition) is 6. The van der Waals surface area contributed by atoms with E-state index in [4.69, 9.17) is 16.3 Å². The summed E-state index contributed by atoms with van der Waals surface area (Å²) in [5, 5.41) is 7.35. The number of hydrogen-bond donors (Lipinski definition) is 2. The summed E-state index contributed by atoms with van der Waals surface area (Å²) in [6, 6.07) is 2.12. The number of amides is 2. The van der Waals surface area contributed by atoms with Gasteiger partial charge in [-0.3, -0.25) is 15.3 Å². The van der Waals surface area contributed by atoms with Crippen molar-refractivity contribution in [2.75, 3.05) is 17.3 Å². The summed E-state index contributed by atoms with van der Waals surface area (Å²) in [6.45, 7) is -0.372. The standard InChI is InChI=1S/C16H12ClF4N7O2/c1-30-14-22-5-9(6-23-14)28(7-8-4-11(27-26-8)16(19,20)21)15(29)25-12-3-2-10(18)13(17)24-12/h2-6H,7H2,1H3,(H,26,27)(H,24,25,29). The molecular formula is C16H12ClF4N7O2. The number of alkyl halides is 3. The molecule has 0 saturated carbocycles. The lowest BCUT2D eigenvalue weighted by Gasteiger charge is -2.21. The van der Waals surface area contributed by atoms with E-state index in [2.05, 4.69) is 25.4 Å². The second kappa shape index (κ2) is 8.49. The highest BCUT2D eigenvalue weighted by Crippen LogP contribution is 2.28. The van der Waals surface area contributed by atoms with Crippen LogP contribution in [0.4, 0.5) is 33.9 Å². The van der Waals surface area contributed by atoms with Gasteiger partial charge in [0.25, 0.3) is 0 Å². The van der Waals surface area contributed by atoms with Gasteiger partial charge in [0.05, 0.1) is 37.4 Å². The van der Waals surface area contributed by atoms with E-state index in [1.54, 1.807) is 0 Å². The van der Waals surface area contributed by atoms with E-state index >= 15 is 0 Å². The minimum absolute atomic E-state index is 0.0187. The summed E-state index contributed by atoms with van der Waals surface area (Å²) < 4.78 is 56.5. The van der Waals surface area contributed by atoms with Gasteiger partial charge in [-0.15, -0.1) is 0 Å². The van der Waals surface area contributed by atoms with Crippen molar-refractivity contribution in [1.82, 2.24) is 25.1 Å². The van der Waals surface area contributed by atoms with Crippen molar-refractivity contribution in [3.63, 3.8) is 0 Å². The van der Waals surface area contributed by atoms with Crippen LogP contribution in [0, 0.1) is 5.82 Å². The van der Waals surface area contributed by atoms with E-state index in [9.17, 15) is 22.4 Å². The molecule has 2 amide bonds. The van der Waals surface area contributed by atoms with Gasteiger partial charge in [-0.1, -0.05) is 11.6 Å². The molecule has 3 rings (SSSR count). The summed E-state index contributed by atoms with van der Waals surface area (Å²) in [5.41, 5.74) is -1.03. The van der Waals surface area contributed by atoms with Crippen LogP contribution in [0.5, 0.6) is 6.01 Å². The van der Waals surface area contributed by atoms with Gasteiger partial charge < -0.3 is 4.74 Å². The second-order valence-corrected chi connectivity index (χ2v) is 6.04. The van der Waals surface area contributed by atoms with Crippen LogP contribution in [0.1, 0.15) is 11.4 Å². The first-order chi connectivity index (χ1) is 14.2. The van der Waals surface area contributed by atoms with Crippen molar-refractivity contribution in [2.24, 2.45) is 0 Å². The fourth-order valence-corrected chi connectivity index (χ4v) is 2.40. The van der Waals surface area contributed by atoms with Crippen molar-refractivity contribution in [2.45, 2.75) is 12.7 Å². The van der Waals surface area contributed by atoms with Crippen LogP contribution in [-0.2, 0) is 12.7 Å². The van der Waals surface area contributed by atoms with E-state index in [0.717, 1.165) is 23.1 Å². The average molecular weight is 446 g/mol. The van der Waals surface area contributed by atoms with Crippen LogP contribution in [0.25, 0.3) is 0 Å². The van der Waals surface area contributed by atoms with Gasteiger partial charge in [0, 0.05) is 0 Å². The van der Waals surface area contributed by atoms with Gasteiger partial charge in [-0.05, 0) is 18.2 Å². The number of ether oxygens (including phenoxy) is 1. The second-order valence-electron chi connectivity index (χ2n) is 5.68. The highest BCUT2D eigenvalue weighted by atomic mass is 35.5. The predicted octanol–water partition coefficient (Wildman–Crippen LogP) is 3.65. The number of H-pyrrole nitrogens is 1. The lowest BCUT2D eigenvalue weighted by molar-refractivity contribution is -0.141. The lowest BCUT2D eigenvalue weighted by atomic mass is 10.3. The SMILES string of the molecule is COc1ncc(N(Cc2cc(C(F)(F)F)[nH]n2)C(=O)Nc2ccc(F)c(Cl)n2)cn1. The van der Waals surface area contributed by atoms with Gasteiger partial charge in [-0.2, -0.15) is 18.3 Å². The highest BCUT2D eigenvalue weighted by molar-refractivity contribution is 6.29. The number of halogens is 5. The van der Waals surface area contributed by atoms with E-state index in [-0.39, 0.29) is 29.8 Å². The maximum atomic E-state index is 13.3. The van der Waals surface area contributed by atoms with E-state index in [1.165, 1.54) is 19.5 Å². The zero-order valence-corrected chi connectivity index (χ0v) is 15.8. The molecule has 0 fully saturated rings. The molecule has 0 radical (unpaired) electrons. The number of aromatic nitrogens is 5. The lowest BCUT2D eigenvalue weighted by Crippen LogP contribution is -2.35. The number of urea groups is 1. The van der Waals surface area contributed by atoms with Crippen LogP contribution in [0.15, 0.2) is 30.6 Å². The van der Waals surface area contributed by atoms with Crippen LogP contribution in [0.3, 0.4) is 0 Å². The number of pyridine rings is 1. The Hall–Kier alpha value is -3.48. The number of rotatable bonds is 5. The van der Waals surface area contributed by atoms with Crippen molar-refractivity contribution in [3.8, 4) is 6.01 Å². The zero-order chi connectivity index (χ0) is 21.9. The molecule has 30 heavy (non-hydrogen) atoms. The Morgan fingerprint density at radius 3 is 2.57 bits per heavy atom. The molecule has 0 unspecified atom stereocenters. The number of carbonyl (C=O) groups excluding carboxylic acids is 1. The molecule has 0 aliphatic rings.